The van der Waals surface area contributed by atoms with Crippen molar-refractivity contribution in [1.82, 2.24) is 5.32 Å². The number of thiocarbonyl (C=S) groups is 1. The Bertz CT molecular complexity index is 815. The monoisotopic (exact) mass is 436 g/mol. The number of rotatable bonds is 9. The number of benzene rings is 2. The van der Waals surface area contributed by atoms with Crippen molar-refractivity contribution < 1.29 is 9.53 Å². The lowest BCUT2D eigenvalue weighted by molar-refractivity contribution is 0.0526. The minimum absolute atomic E-state index is 0.313. The molecule has 0 atom stereocenters. The molecular weight excluding hydrogens is 412 g/mol. The van der Waals surface area contributed by atoms with E-state index in [0.717, 1.165) is 40.7 Å². The maximum atomic E-state index is 11.8. The van der Waals surface area contributed by atoms with Gasteiger partial charge in [0.15, 0.2) is 5.11 Å². The minimum Gasteiger partial charge on any atom is -0.462 e. The number of aryl methyl sites for hydroxylation is 1. The number of carbonyl (C=O) groups excluding carboxylic acids is 1. The van der Waals surface area contributed by atoms with Crippen molar-refractivity contribution in [3.63, 3.8) is 0 Å². The van der Waals surface area contributed by atoms with Gasteiger partial charge in [-0.3, -0.25) is 0 Å². The Labute approximate surface area is 181 Å². The number of nitrogens with one attached hydrogen (secondary N) is 2. The first-order valence-electron chi connectivity index (χ1n) is 9.15. The molecule has 0 aliphatic carbocycles. The van der Waals surface area contributed by atoms with Crippen molar-refractivity contribution in [2.24, 2.45) is 0 Å². The average molecular weight is 437 g/mol. The zero-order valence-corrected chi connectivity index (χ0v) is 18.5. The number of hydrogen-bond donors (Lipinski definition) is 2. The van der Waals surface area contributed by atoms with E-state index in [2.05, 4.69) is 16.7 Å². The van der Waals surface area contributed by atoms with Crippen LogP contribution in [0.25, 0.3) is 0 Å². The highest BCUT2D eigenvalue weighted by Crippen LogP contribution is 2.21. The lowest BCUT2D eigenvalue weighted by atomic mass is 10.1. The molecule has 2 rings (SSSR count). The third-order valence-corrected chi connectivity index (χ3v) is 5.66. The Balaban J connectivity index is 1.68. The van der Waals surface area contributed by atoms with E-state index < -0.39 is 0 Å². The smallest absolute Gasteiger partial charge is 0.338 e. The topological polar surface area (TPSA) is 50.4 Å². The van der Waals surface area contributed by atoms with Gasteiger partial charge in [-0.2, -0.15) is 11.8 Å². The second-order valence-corrected chi connectivity index (χ2v) is 8.05. The van der Waals surface area contributed by atoms with Gasteiger partial charge >= 0.3 is 5.97 Å². The van der Waals surface area contributed by atoms with E-state index in [1.807, 2.05) is 43.0 Å². The molecule has 0 heterocycles. The molecule has 4 nitrogen and oxygen atoms in total. The van der Waals surface area contributed by atoms with E-state index in [0.29, 0.717) is 17.3 Å². The number of carbonyl (C=O) groups is 1. The first kappa shape index (κ1) is 22.5. The van der Waals surface area contributed by atoms with Crippen molar-refractivity contribution >= 4 is 52.3 Å². The molecule has 0 bridgehead atoms. The maximum absolute atomic E-state index is 11.8. The van der Waals surface area contributed by atoms with Gasteiger partial charge in [-0.15, -0.1) is 0 Å². The zero-order valence-electron chi connectivity index (χ0n) is 16.1. The molecule has 0 amide bonds. The van der Waals surface area contributed by atoms with Gasteiger partial charge in [0.25, 0.3) is 0 Å². The van der Waals surface area contributed by atoms with Gasteiger partial charge in [0.05, 0.1) is 12.2 Å². The highest BCUT2D eigenvalue weighted by molar-refractivity contribution is 7.98. The molecule has 0 saturated carbocycles. The summed E-state index contributed by atoms with van der Waals surface area (Å²) < 4.78 is 5.02. The maximum Gasteiger partial charge on any atom is 0.338 e. The molecule has 0 aliphatic rings. The molecule has 2 N–H and O–H groups in total. The first-order valence-corrected chi connectivity index (χ1v) is 11.1. The molecule has 150 valence electrons. The summed E-state index contributed by atoms with van der Waals surface area (Å²) in [6, 6.07) is 13.3. The highest BCUT2D eigenvalue weighted by Gasteiger charge is 2.09. The van der Waals surface area contributed by atoms with Crippen molar-refractivity contribution in [1.29, 1.82) is 0 Å². The normalized spacial score (nSPS) is 10.4. The van der Waals surface area contributed by atoms with Crippen LogP contribution in [0.5, 0.6) is 0 Å². The van der Waals surface area contributed by atoms with Gasteiger partial charge in [0.1, 0.15) is 0 Å². The zero-order chi connectivity index (χ0) is 20.4. The number of hydrogen-bond acceptors (Lipinski definition) is 4. The molecule has 0 saturated heterocycles. The van der Waals surface area contributed by atoms with Gasteiger partial charge in [0.2, 0.25) is 0 Å². The molecule has 0 unspecified atom stereocenters. The van der Waals surface area contributed by atoms with Crippen LogP contribution in [0.4, 0.5) is 5.69 Å². The number of halogens is 1. The Kier molecular flexibility index (Phi) is 9.61. The van der Waals surface area contributed by atoms with Crippen molar-refractivity contribution in [2.75, 3.05) is 24.2 Å². The third-order valence-electron chi connectivity index (χ3n) is 3.95. The van der Waals surface area contributed by atoms with Gasteiger partial charge in [-0.05, 0) is 73.6 Å². The summed E-state index contributed by atoms with van der Waals surface area (Å²) in [5.74, 6) is 1.62. The standard InChI is InChI=1S/C21H25ClN2O2S2/c1-3-26-20(25)16-9-10-19(15(2)13-16)24-21(27)23-11-6-12-28-14-17-7-4-5-8-18(17)22/h4-5,7-10,13H,3,6,11-12,14H2,1-2H3,(H2,23,24,27). The average Bonchev–Trinajstić information content (AvgIpc) is 2.67. The van der Waals surface area contributed by atoms with Crippen LogP contribution in [0.3, 0.4) is 0 Å². The summed E-state index contributed by atoms with van der Waals surface area (Å²) >= 11 is 13.4. The lowest BCUT2D eigenvalue weighted by Gasteiger charge is -2.13. The third kappa shape index (κ3) is 7.34. The van der Waals surface area contributed by atoms with Gasteiger partial charge < -0.3 is 15.4 Å². The van der Waals surface area contributed by atoms with Crippen LogP contribution in [0.2, 0.25) is 5.02 Å². The molecule has 0 spiro atoms. The highest BCUT2D eigenvalue weighted by atomic mass is 35.5. The molecule has 2 aromatic rings. The molecule has 2 aromatic carbocycles. The Morgan fingerprint density at radius 3 is 2.75 bits per heavy atom. The summed E-state index contributed by atoms with van der Waals surface area (Å²) in [6.45, 7) is 4.88. The molecule has 0 aliphatic heterocycles. The van der Waals surface area contributed by atoms with Crippen molar-refractivity contribution in [2.45, 2.75) is 26.0 Å². The molecular formula is C21H25ClN2O2S2. The minimum atomic E-state index is -0.313. The summed E-state index contributed by atoms with van der Waals surface area (Å²) in [7, 11) is 0. The summed E-state index contributed by atoms with van der Waals surface area (Å²) in [5.41, 5.74) is 3.52. The fourth-order valence-electron chi connectivity index (χ4n) is 2.49. The Morgan fingerprint density at radius 2 is 2.04 bits per heavy atom. The van der Waals surface area contributed by atoms with E-state index in [1.165, 1.54) is 5.56 Å². The fourth-order valence-corrected chi connectivity index (χ4v) is 3.94. The van der Waals surface area contributed by atoms with Crippen LogP contribution in [0.15, 0.2) is 42.5 Å². The van der Waals surface area contributed by atoms with Crippen molar-refractivity contribution in [3.8, 4) is 0 Å². The quantitative estimate of drug-likeness (QED) is 0.310. The number of thioether (sulfide) groups is 1. The van der Waals surface area contributed by atoms with E-state index >= 15 is 0 Å². The van der Waals surface area contributed by atoms with Crippen LogP contribution < -0.4 is 10.6 Å². The number of anilines is 1. The number of ether oxygens (including phenoxy) is 1. The second kappa shape index (κ2) is 11.9. The summed E-state index contributed by atoms with van der Waals surface area (Å²) in [4.78, 5) is 11.8. The Hall–Kier alpha value is -1.76. The van der Waals surface area contributed by atoms with E-state index in [-0.39, 0.29) is 5.97 Å². The fraction of sp³-hybridized carbons (Fsp3) is 0.333. The van der Waals surface area contributed by atoms with Crippen LogP contribution in [-0.2, 0) is 10.5 Å². The molecule has 0 aromatic heterocycles. The summed E-state index contributed by atoms with van der Waals surface area (Å²) in [5, 5.41) is 7.79. The number of esters is 1. The van der Waals surface area contributed by atoms with Crippen LogP contribution in [0, 0.1) is 6.92 Å². The molecule has 28 heavy (non-hydrogen) atoms. The SMILES string of the molecule is CCOC(=O)c1ccc(NC(=S)NCCCSCc2ccccc2Cl)c(C)c1. The first-order chi connectivity index (χ1) is 13.5. The van der Waals surface area contributed by atoms with Crippen LogP contribution >= 0.6 is 35.6 Å². The predicted molar refractivity (Wildman–Crippen MR) is 124 cm³/mol. The van der Waals surface area contributed by atoms with E-state index in [9.17, 15) is 4.79 Å². The molecule has 7 heteroatoms. The van der Waals surface area contributed by atoms with E-state index in [4.69, 9.17) is 28.6 Å². The van der Waals surface area contributed by atoms with Crippen molar-refractivity contribution in [3.05, 3.63) is 64.2 Å². The molecule has 0 radical (unpaired) electrons. The predicted octanol–water partition coefficient (Wildman–Crippen LogP) is 5.44. The lowest BCUT2D eigenvalue weighted by Crippen LogP contribution is -2.29. The summed E-state index contributed by atoms with van der Waals surface area (Å²) in [6.07, 6.45) is 0.998. The van der Waals surface area contributed by atoms with E-state index in [1.54, 1.807) is 19.1 Å². The van der Waals surface area contributed by atoms with Gasteiger partial charge in [-0.25, -0.2) is 4.79 Å². The van der Waals surface area contributed by atoms with Gasteiger partial charge in [-0.1, -0.05) is 29.8 Å². The largest absolute Gasteiger partial charge is 0.462 e. The Morgan fingerprint density at radius 1 is 1.25 bits per heavy atom. The van der Waals surface area contributed by atoms with Crippen LogP contribution in [0.1, 0.15) is 34.8 Å². The van der Waals surface area contributed by atoms with Crippen LogP contribution in [-0.4, -0.2) is 30.0 Å². The van der Waals surface area contributed by atoms with Gasteiger partial charge in [0, 0.05) is 23.0 Å². The molecule has 0 fully saturated rings. The second-order valence-electron chi connectivity index (χ2n) is 6.13.